The Morgan fingerprint density at radius 3 is 2.88 bits per heavy atom. The van der Waals surface area contributed by atoms with Crippen molar-refractivity contribution in [3.63, 3.8) is 0 Å². The summed E-state index contributed by atoms with van der Waals surface area (Å²) in [5.41, 5.74) is 0.435. The molecule has 1 N–H and O–H groups in total. The number of hydrogen-bond donors (Lipinski definition) is 1. The molecule has 0 fully saturated rings. The van der Waals surface area contributed by atoms with Crippen LogP contribution >= 0.6 is 11.8 Å². The number of aliphatic carboxylic acids is 1. The normalized spacial score (nSPS) is 12.6. The van der Waals surface area contributed by atoms with Crippen LogP contribution in [-0.2, 0) is 4.79 Å². The summed E-state index contributed by atoms with van der Waals surface area (Å²) in [6.07, 6.45) is 0. The van der Waals surface area contributed by atoms with Crippen molar-refractivity contribution in [3.8, 4) is 11.6 Å². The van der Waals surface area contributed by atoms with Gasteiger partial charge in [0.1, 0.15) is 11.0 Å². The van der Waals surface area contributed by atoms with E-state index in [9.17, 15) is 4.79 Å². The van der Waals surface area contributed by atoms with Crippen LogP contribution in [0.4, 0.5) is 0 Å². The second-order valence-corrected chi connectivity index (χ2v) is 4.59. The van der Waals surface area contributed by atoms with Crippen molar-refractivity contribution in [3.05, 3.63) is 11.8 Å². The lowest BCUT2D eigenvalue weighted by Crippen LogP contribution is -2.10. The van der Waals surface area contributed by atoms with Crippen LogP contribution in [0.25, 0.3) is 11.6 Å². The van der Waals surface area contributed by atoms with E-state index in [2.05, 4.69) is 15.4 Å². The van der Waals surface area contributed by atoms with E-state index in [1.165, 1.54) is 6.92 Å². The fraction of sp³-hybridized carbons (Fsp3) is 0.333. The van der Waals surface area contributed by atoms with Gasteiger partial charge in [0.05, 0.1) is 0 Å². The number of carboxylic acid groups (broad SMARTS) is 1. The van der Waals surface area contributed by atoms with Gasteiger partial charge in [0.15, 0.2) is 5.69 Å². The number of carbonyl (C=O) groups is 1. The zero-order chi connectivity index (χ0) is 12.4. The molecule has 2 rings (SSSR count). The number of thioether (sulfide) groups is 1. The Morgan fingerprint density at radius 2 is 2.29 bits per heavy atom. The predicted molar refractivity (Wildman–Crippen MR) is 57.5 cm³/mol. The predicted octanol–water partition coefficient (Wildman–Crippen LogP) is 1.60. The Morgan fingerprint density at radius 1 is 1.53 bits per heavy atom. The Hall–Kier alpha value is -1.83. The highest BCUT2D eigenvalue weighted by Crippen LogP contribution is 2.25. The molecule has 2 aromatic heterocycles. The van der Waals surface area contributed by atoms with Gasteiger partial charge in [-0.2, -0.15) is 0 Å². The lowest BCUT2D eigenvalue weighted by Gasteiger charge is -1.99. The quantitative estimate of drug-likeness (QED) is 0.822. The topological polar surface area (TPSA) is 102 Å². The maximum atomic E-state index is 10.6. The summed E-state index contributed by atoms with van der Waals surface area (Å²) in [4.78, 5) is 10.6. The molecule has 2 aromatic rings. The molecule has 1 unspecified atom stereocenters. The van der Waals surface area contributed by atoms with E-state index in [0.717, 1.165) is 11.8 Å². The molecule has 2 heterocycles. The van der Waals surface area contributed by atoms with Gasteiger partial charge in [-0.3, -0.25) is 4.79 Å². The van der Waals surface area contributed by atoms with Crippen LogP contribution < -0.4 is 0 Å². The molecule has 90 valence electrons. The summed E-state index contributed by atoms with van der Waals surface area (Å²) in [6, 6.07) is 1.66. The Balaban J connectivity index is 2.13. The molecule has 0 bridgehead atoms. The van der Waals surface area contributed by atoms with Crippen molar-refractivity contribution in [2.45, 2.75) is 24.3 Å². The zero-order valence-corrected chi connectivity index (χ0v) is 9.89. The molecule has 0 saturated heterocycles. The van der Waals surface area contributed by atoms with Crippen LogP contribution in [0.2, 0.25) is 0 Å². The molecule has 0 saturated carbocycles. The fourth-order valence-electron chi connectivity index (χ4n) is 1.03. The van der Waals surface area contributed by atoms with Crippen LogP contribution in [-0.4, -0.2) is 31.7 Å². The van der Waals surface area contributed by atoms with Gasteiger partial charge in [-0.15, -0.1) is 10.2 Å². The highest BCUT2D eigenvalue weighted by atomic mass is 32.2. The summed E-state index contributed by atoms with van der Waals surface area (Å²) in [6.45, 7) is 3.28. The third kappa shape index (κ3) is 2.64. The number of nitrogens with zero attached hydrogens (tertiary/aromatic N) is 3. The van der Waals surface area contributed by atoms with Crippen LogP contribution in [0.15, 0.2) is 20.2 Å². The molecule has 0 spiro atoms. The van der Waals surface area contributed by atoms with Gasteiger partial charge in [0, 0.05) is 6.07 Å². The molecular formula is C9H9N3O4S. The Bertz CT molecular complexity index is 536. The highest BCUT2D eigenvalue weighted by Gasteiger charge is 2.18. The molecule has 0 aliphatic carbocycles. The van der Waals surface area contributed by atoms with Crippen molar-refractivity contribution >= 4 is 17.7 Å². The minimum Gasteiger partial charge on any atom is -0.480 e. The van der Waals surface area contributed by atoms with E-state index < -0.39 is 11.2 Å². The highest BCUT2D eigenvalue weighted by molar-refractivity contribution is 8.00. The second kappa shape index (κ2) is 4.58. The van der Waals surface area contributed by atoms with Crippen molar-refractivity contribution in [2.75, 3.05) is 0 Å². The number of carboxylic acids is 1. The van der Waals surface area contributed by atoms with E-state index in [-0.39, 0.29) is 11.1 Å². The molecule has 17 heavy (non-hydrogen) atoms. The summed E-state index contributed by atoms with van der Waals surface area (Å²) in [7, 11) is 0. The summed E-state index contributed by atoms with van der Waals surface area (Å²) < 4.78 is 10.1. The first-order valence-electron chi connectivity index (χ1n) is 4.73. The first-order chi connectivity index (χ1) is 8.06. The van der Waals surface area contributed by atoms with Gasteiger partial charge >= 0.3 is 5.97 Å². The van der Waals surface area contributed by atoms with E-state index >= 15 is 0 Å². The fourth-order valence-corrected chi connectivity index (χ4v) is 1.65. The van der Waals surface area contributed by atoms with Crippen molar-refractivity contribution in [1.82, 2.24) is 15.4 Å². The lowest BCUT2D eigenvalue weighted by molar-refractivity contribution is -0.136. The maximum absolute atomic E-state index is 10.6. The molecule has 0 amide bonds. The number of hydrogen-bond acceptors (Lipinski definition) is 7. The molecule has 1 atom stereocenters. The molecule has 7 nitrogen and oxygen atoms in total. The standard InChI is InChI=1S/C9H9N3O4S/c1-4-3-6(12-16-4)7-10-11-9(15-7)17-5(2)8(13)14/h3,5H,1-2H3,(H,13,14). The molecule has 8 heteroatoms. The SMILES string of the molecule is Cc1cc(-c2nnc(SC(C)C(=O)O)o2)no1. The van der Waals surface area contributed by atoms with Gasteiger partial charge in [-0.25, -0.2) is 0 Å². The summed E-state index contributed by atoms with van der Waals surface area (Å²) in [5, 5.41) is 19.5. The molecular weight excluding hydrogens is 246 g/mol. The zero-order valence-electron chi connectivity index (χ0n) is 9.08. The Labute approximate surface area is 100 Å². The third-order valence-corrected chi connectivity index (χ3v) is 2.80. The Kier molecular flexibility index (Phi) is 3.14. The van der Waals surface area contributed by atoms with Crippen molar-refractivity contribution < 1.29 is 18.8 Å². The third-order valence-electron chi connectivity index (χ3n) is 1.88. The van der Waals surface area contributed by atoms with Gasteiger partial charge < -0.3 is 14.0 Å². The molecule has 0 aliphatic rings. The molecule has 0 aromatic carbocycles. The van der Waals surface area contributed by atoms with Gasteiger partial charge in [0.25, 0.3) is 11.1 Å². The van der Waals surface area contributed by atoms with Crippen LogP contribution in [0.1, 0.15) is 12.7 Å². The number of aryl methyl sites for hydroxylation is 1. The molecule has 0 radical (unpaired) electrons. The van der Waals surface area contributed by atoms with Crippen LogP contribution in [0, 0.1) is 6.92 Å². The minimum absolute atomic E-state index is 0.190. The number of rotatable bonds is 4. The van der Waals surface area contributed by atoms with E-state index in [4.69, 9.17) is 14.0 Å². The summed E-state index contributed by atoms with van der Waals surface area (Å²) in [5.74, 6) is -0.0970. The van der Waals surface area contributed by atoms with Crippen molar-refractivity contribution in [2.24, 2.45) is 0 Å². The summed E-state index contributed by atoms with van der Waals surface area (Å²) >= 11 is 0.976. The van der Waals surface area contributed by atoms with Gasteiger partial charge in [0.2, 0.25) is 0 Å². The van der Waals surface area contributed by atoms with E-state index in [1.807, 2.05) is 0 Å². The van der Waals surface area contributed by atoms with Crippen molar-refractivity contribution in [1.29, 1.82) is 0 Å². The lowest BCUT2D eigenvalue weighted by atomic mass is 10.4. The second-order valence-electron chi connectivity index (χ2n) is 3.29. The van der Waals surface area contributed by atoms with Crippen LogP contribution in [0.5, 0.6) is 0 Å². The smallest absolute Gasteiger partial charge is 0.316 e. The van der Waals surface area contributed by atoms with Gasteiger partial charge in [-0.05, 0) is 13.8 Å². The average Bonchev–Trinajstić information content (AvgIpc) is 2.86. The average molecular weight is 255 g/mol. The van der Waals surface area contributed by atoms with E-state index in [0.29, 0.717) is 11.5 Å². The minimum atomic E-state index is -0.938. The maximum Gasteiger partial charge on any atom is 0.316 e. The van der Waals surface area contributed by atoms with Crippen LogP contribution in [0.3, 0.4) is 0 Å². The first kappa shape index (κ1) is 11.6. The van der Waals surface area contributed by atoms with E-state index in [1.54, 1.807) is 13.0 Å². The molecule has 0 aliphatic heterocycles. The van der Waals surface area contributed by atoms with Gasteiger partial charge in [-0.1, -0.05) is 16.9 Å². The monoisotopic (exact) mass is 255 g/mol. The first-order valence-corrected chi connectivity index (χ1v) is 5.61. The largest absolute Gasteiger partial charge is 0.480 e. The number of aromatic nitrogens is 3.